The fourth-order valence-corrected chi connectivity index (χ4v) is 2.27. The molecule has 0 bridgehead atoms. The van der Waals surface area contributed by atoms with E-state index in [9.17, 15) is 5.11 Å². The van der Waals surface area contributed by atoms with Crippen LogP contribution in [0.25, 0.3) is 0 Å². The topological polar surface area (TPSA) is 41.5 Å². The van der Waals surface area contributed by atoms with E-state index in [-0.39, 0.29) is 0 Å². The molecule has 16 heavy (non-hydrogen) atoms. The standard InChI is InChI=1S/C13H19NO2/c1-13(2,15)8-10-6-9-7-11(16-3)4-5-12(9)14-10/h4-5,7,10,14-15H,6,8H2,1-3H3. The lowest BCUT2D eigenvalue weighted by Crippen LogP contribution is -2.29. The lowest BCUT2D eigenvalue weighted by atomic mass is 9.97. The van der Waals surface area contributed by atoms with E-state index in [1.807, 2.05) is 26.0 Å². The number of anilines is 1. The highest BCUT2D eigenvalue weighted by Gasteiger charge is 2.26. The molecule has 2 rings (SSSR count). The molecule has 0 spiro atoms. The first kappa shape index (κ1) is 11.3. The number of ether oxygens (including phenoxy) is 1. The summed E-state index contributed by atoms with van der Waals surface area (Å²) in [5.74, 6) is 0.893. The van der Waals surface area contributed by atoms with Crippen molar-refractivity contribution in [2.24, 2.45) is 0 Å². The molecule has 88 valence electrons. The Morgan fingerprint density at radius 2 is 2.25 bits per heavy atom. The Labute approximate surface area is 96.4 Å². The normalized spacial score (nSPS) is 19.1. The van der Waals surface area contributed by atoms with Crippen LogP contribution in [-0.2, 0) is 6.42 Å². The summed E-state index contributed by atoms with van der Waals surface area (Å²) in [5.41, 5.74) is 1.81. The van der Waals surface area contributed by atoms with Crippen LogP contribution < -0.4 is 10.1 Å². The zero-order chi connectivity index (χ0) is 11.8. The second-order valence-corrected chi connectivity index (χ2v) is 5.09. The van der Waals surface area contributed by atoms with E-state index in [1.54, 1.807) is 7.11 Å². The van der Waals surface area contributed by atoms with Crippen molar-refractivity contribution in [2.45, 2.75) is 38.3 Å². The summed E-state index contributed by atoms with van der Waals surface area (Å²) in [6, 6.07) is 6.38. The third-order valence-electron chi connectivity index (χ3n) is 2.88. The number of hydrogen-bond donors (Lipinski definition) is 2. The molecule has 0 fully saturated rings. The summed E-state index contributed by atoms with van der Waals surface area (Å²) in [6.07, 6.45) is 1.71. The van der Waals surface area contributed by atoms with Gasteiger partial charge in [-0.25, -0.2) is 0 Å². The molecule has 2 N–H and O–H groups in total. The highest BCUT2D eigenvalue weighted by Crippen LogP contribution is 2.32. The van der Waals surface area contributed by atoms with Gasteiger partial charge >= 0.3 is 0 Å². The summed E-state index contributed by atoms with van der Waals surface area (Å²) < 4.78 is 5.20. The lowest BCUT2D eigenvalue weighted by Gasteiger charge is -2.22. The minimum absolute atomic E-state index is 0.321. The van der Waals surface area contributed by atoms with Crippen molar-refractivity contribution in [3.63, 3.8) is 0 Å². The summed E-state index contributed by atoms with van der Waals surface area (Å²) in [7, 11) is 1.68. The van der Waals surface area contributed by atoms with Gasteiger partial charge in [0.2, 0.25) is 0 Å². The predicted octanol–water partition coefficient (Wildman–Crippen LogP) is 2.19. The van der Waals surface area contributed by atoms with E-state index in [4.69, 9.17) is 4.74 Å². The highest BCUT2D eigenvalue weighted by atomic mass is 16.5. The SMILES string of the molecule is COc1ccc2c(c1)CC(CC(C)(C)O)N2. The molecule has 1 aromatic carbocycles. The molecule has 1 heterocycles. The number of rotatable bonds is 3. The van der Waals surface area contributed by atoms with Crippen molar-refractivity contribution < 1.29 is 9.84 Å². The smallest absolute Gasteiger partial charge is 0.119 e. The van der Waals surface area contributed by atoms with E-state index in [0.717, 1.165) is 24.3 Å². The van der Waals surface area contributed by atoms with E-state index >= 15 is 0 Å². The van der Waals surface area contributed by atoms with Crippen LogP contribution in [0.4, 0.5) is 5.69 Å². The van der Waals surface area contributed by atoms with Crippen molar-refractivity contribution in [3.05, 3.63) is 23.8 Å². The van der Waals surface area contributed by atoms with Gasteiger partial charge in [0.15, 0.2) is 0 Å². The predicted molar refractivity (Wildman–Crippen MR) is 65.0 cm³/mol. The molecule has 1 unspecified atom stereocenters. The summed E-state index contributed by atoms with van der Waals surface area (Å²) in [5, 5.41) is 13.2. The van der Waals surface area contributed by atoms with Crippen LogP contribution in [0.3, 0.4) is 0 Å². The molecule has 0 aliphatic carbocycles. The zero-order valence-electron chi connectivity index (χ0n) is 10.1. The molecule has 1 aliphatic heterocycles. The fourth-order valence-electron chi connectivity index (χ4n) is 2.27. The molecule has 3 nitrogen and oxygen atoms in total. The maximum absolute atomic E-state index is 9.79. The molecular formula is C13H19NO2. The monoisotopic (exact) mass is 221 g/mol. The number of nitrogens with one attached hydrogen (secondary N) is 1. The van der Waals surface area contributed by atoms with Gasteiger partial charge in [-0.2, -0.15) is 0 Å². The van der Waals surface area contributed by atoms with Crippen molar-refractivity contribution in [1.29, 1.82) is 0 Å². The van der Waals surface area contributed by atoms with E-state index < -0.39 is 5.60 Å². The van der Waals surface area contributed by atoms with Crippen molar-refractivity contribution in [3.8, 4) is 5.75 Å². The van der Waals surface area contributed by atoms with Gasteiger partial charge in [0.1, 0.15) is 5.75 Å². The van der Waals surface area contributed by atoms with Crippen LogP contribution in [0.15, 0.2) is 18.2 Å². The Morgan fingerprint density at radius 1 is 1.50 bits per heavy atom. The maximum atomic E-state index is 9.79. The van der Waals surface area contributed by atoms with Crippen LogP contribution in [-0.4, -0.2) is 23.9 Å². The largest absolute Gasteiger partial charge is 0.497 e. The van der Waals surface area contributed by atoms with E-state index in [2.05, 4.69) is 11.4 Å². The van der Waals surface area contributed by atoms with Gasteiger partial charge in [0.05, 0.1) is 12.7 Å². The van der Waals surface area contributed by atoms with Crippen LogP contribution in [0.1, 0.15) is 25.8 Å². The Balaban J connectivity index is 2.09. The first-order valence-electron chi connectivity index (χ1n) is 5.64. The first-order chi connectivity index (χ1) is 7.48. The number of hydrogen-bond acceptors (Lipinski definition) is 3. The summed E-state index contributed by atoms with van der Waals surface area (Å²) in [6.45, 7) is 3.69. The van der Waals surface area contributed by atoms with Crippen molar-refractivity contribution in [2.75, 3.05) is 12.4 Å². The minimum atomic E-state index is -0.621. The molecule has 1 atom stereocenters. The van der Waals surface area contributed by atoms with Crippen LogP contribution in [0.2, 0.25) is 0 Å². The number of fused-ring (bicyclic) bond motifs is 1. The number of benzene rings is 1. The van der Waals surface area contributed by atoms with E-state index in [0.29, 0.717) is 6.04 Å². The highest BCUT2D eigenvalue weighted by molar-refractivity contribution is 5.59. The molecule has 1 aliphatic rings. The molecular weight excluding hydrogens is 202 g/mol. The molecule has 0 saturated heterocycles. The van der Waals surface area contributed by atoms with Crippen molar-refractivity contribution >= 4 is 5.69 Å². The Hall–Kier alpha value is -1.22. The Kier molecular flexibility index (Phi) is 2.80. The third kappa shape index (κ3) is 2.47. The third-order valence-corrected chi connectivity index (χ3v) is 2.88. The molecule has 0 radical (unpaired) electrons. The van der Waals surface area contributed by atoms with Gasteiger partial charge in [0.25, 0.3) is 0 Å². The maximum Gasteiger partial charge on any atom is 0.119 e. The van der Waals surface area contributed by atoms with Gasteiger partial charge in [0, 0.05) is 11.7 Å². The lowest BCUT2D eigenvalue weighted by molar-refractivity contribution is 0.0663. The van der Waals surface area contributed by atoms with Gasteiger partial charge in [-0.1, -0.05) is 0 Å². The average Bonchev–Trinajstić information content (AvgIpc) is 2.55. The first-order valence-corrected chi connectivity index (χ1v) is 5.64. The van der Waals surface area contributed by atoms with Crippen molar-refractivity contribution in [1.82, 2.24) is 0 Å². The molecule has 3 heteroatoms. The summed E-state index contributed by atoms with van der Waals surface area (Å²) >= 11 is 0. The van der Waals surface area contributed by atoms with Gasteiger partial charge in [-0.05, 0) is 50.5 Å². The van der Waals surface area contributed by atoms with Crippen LogP contribution >= 0.6 is 0 Å². The minimum Gasteiger partial charge on any atom is -0.497 e. The zero-order valence-corrected chi connectivity index (χ0v) is 10.1. The second-order valence-electron chi connectivity index (χ2n) is 5.09. The molecule has 1 aromatic rings. The van der Waals surface area contributed by atoms with Crippen LogP contribution in [0, 0.1) is 0 Å². The van der Waals surface area contributed by atoms with Gasteiger partial charge < -0.3 is 15.2 Å². The molecule has 0 aromatic heterocycles. The number of methoxy groups -OCH3 is 1. The quantitative estimate of drug-likeness (QED) is 0.822. The van der Waals surface area contributed by atoms with Gasteiger partial charge in [-0.15, -0.1) is 0 Å². The molecule has 0 amide bonds. The Morgan fingerprint density at radius 3 is 2.88 bits per heavy atom. The van der Waals surface area contributed by atoms with E-state index in [1.165, 1.54) is 5.56 Å². The van der Waals surface area contributed by atoms with Gasteiger partial charge in [-0.3, -0.25) is 0 Å². The number of aliphatic hydroxyl groups is 1. The van der Waals surface area contributed by atoms with Crippen LogP contribution in [0.5, 0.6) is 5.75 Å². The Bertz CT molecular complexity index is 382. The fraction of sp³-hybridized carbons (Fsp3) is 0.538. The second kappa shape index (κ2) is 3.98. The average molecular weight is 221 g/mol. The molecule has 0 saturated carbocycles. The summed E-state index contributed by atoms with van der Waals surface area (Å²) in [4.78, 5) is 0.